The lowest BCUT2D eigenvalue weighted by Crippen LogP contribution is -2.52. The largest absolute Gasteiger partial charge is 0.379 e. The van der Waals surface area contributed by atoms with Gasteiger partial charge in [0, 0.05) is 25.7 Å². The van der Waals surface area contributed by atoms with Crippen molar-refractivity contribution in [3.05, 3.63) is 70.7 Å². The molecule has 1 aliphatic rings. The number of carbonyl (C=O) groups is 2. The van der Waals surface area contributed by atoms with Crippen molar-refractivity contribution in [2.45, 2.75) is 45.2 Å². The second kappa shape index (κ2) is 13.5. The molecule has 1 aliphatic heterocycles. The Labute approximate surface area is 208 Å². The number of carbonyl (C=O) groups excluding carboxylic acids is 2. The molecule has 0 unspecified atom stereocenters. The Morgan fingerprint density at radius 3 is 2.29 bits per heavy atom. The minimum Gasteiger partial charge on any atom is -0.379 e. The van der Waals surface area contributed by atoms with Crippen LogP contribution in [0.2, 0.25) is 5.02 Å². The van der Waals surface area contributed by atoms with Crippen molar-refractivity contribution in [3.63, 3.8) is 0 Å². The summed E-state index contributed by atoms with van der Waals surface area (Å²) in [4.78, 5) is 28.4. The van der Waals surface area contributed by atoms with Crippen LogP contribution in [0.15, 0.2) is 54.6 Å². The van der Waals surface area contributed by atoms with Crippen molar-refractivity contribution in [3.8, 4) is 0 Å². The highest BCUT2D eigenvalue weighted by Crippen LogP contribution is 2.22. The summed E-state index contributed by atoms with van der Waals surface area (Å²) in [6.07, 6.45) is 2.28. The van der Waals surface area contributed by atoms with E-state index in [4.69, 9.17) is 16.3 Å². The molecule has 0 radical (unpaired) electrons. The predicted octanol–water partition coefficient (Wildman–Crippen LogP) is 4.45. The quantitative estimate of drug-likeness (QED) is 0.493. The average Bonchev–Trinajstić information content (AvgIpc) is 2.87. The van der Waals surface area contributed by atoms with Crippen LogP contribution in [0.4, 0.5) is 0 Å². The van der Waals surface area contributed by atoms with Crippen LogP contribution in [0.5, 0.6) is 0 Å². The number of nitrogens with zero attached hydrogens (tertiary/aromatic N) is 1. The first kappa shape index (κ1) is 26.2. The van der Waals surface area contributed by atoms with Crippen LogP contribution in [-0.2, 0) is 9.53 Å². The summed E-state index contributed by atoms with van der Waals surface area (Å²) in [5.74, 6) is 0.122. The van der Waals surface area contributed by atoms with Gasteiger partial charge in [-0.3, -0.25) is 14.5 Å². The van der Waals surface area contributed by atoms with E-state index in [2.05, 4.69) is 29.4 Å². The second-order valence-corrected chi connectivity index (χ2v) is 9.12. The summed E-state index contributed by atoms with van der Waals surface area (Å²) >= 11 is 6.22. The zero-order valence-corrected chi connectivity index (χ0v) is 20.9. The molecular formula is C27H36ClN3O3. The number of amides is 2. The SMILES string of the molecule is CCC(CC)[C@@H](CNC(=O)C[C@@H](NC(=O)c1ccccc1Cl)c1ccccc1)N1CCOCC1. The van der Waals surface area contributed by atoms with Crippen molar-refractivity contribution in [2.24, 2.45) is 5.92 Å². The van der Waals surface area contributed by atoms with Gasteiger partial charge in [-0.25, -0.2) is 0 Å². The first-order valence-corrected chi connectivity index (χ1v) is 12.6. The molecule has 3 rings (SSSR count). The van der Waals surface area contributed by atoms with Gasteiger partial charge in [0.15, 0.2) is 0 Å². The molecule has 34 heavy (non-hydrogen) atoms. The van der Waals surface area contributed by atoms with Gasteiger partial charge in [-0.05, 0) is 23.6 Å². The summed E-state index contributed by atoms with van der Waals surface area (Å²) in [7, 11) is 0. The van der Waals surface area contributed by atoms with Gasteiger partial charge >= 0.3 is 0 Å². The fourth-order valence-electron chi connectivity index (χ4n) is 4.63. The van der Waals surface area contributed by atoms with Crippen LogP contribution in [-0.4, -0.2) is 55.6 Å². The summed E-state index contributed by atoms with van der Waals surface area (Å²) < 4.78 is 5.53. The smallest absolute Gasteiger partial charge is 0.253 e. The number of rotatable bonds is 11. The maximum absolute atomic E-state index is 13.1. The molecule has 1 fully saturated rings. The maximum atomic E-state index is 13.1. The van der Waals surface area contributed by atoms with E-state index in [9.17, 15) is 9.59 Å². The summed E-state index contributed by atoms with van der Waals surface area (Å²) in [6, 6.07) is 16.3. The first-order valence-electron chi connectivity index (χ1n) is 12.2. The normalized spacial score (nSPS) is 16.1. The van der Waals surface area contributed by atoms with E-state index in [0.29, 0.717) is 23.0 Å². The van der Waals surface area contributed by atoms with E-state index < -0.39 is 6.04 Å². The number of benzene rings is 2. The first-order chi connectivity index (χ1) is 16.5. The number of hydrogen-bond acceptors (Lipinski definition) is 4. The molecule has 0 saturated carbocycles. The Balaban J connectivity index is 1.68. The van der Waals surface area contributed by atoms with Crippen LogP contribution in [0.1, 0.15) is 55.1 Å². The van der Waals surface area contributed by atoms with E-state index in [1.807, 2.05) is 30.3 Å². The summed E-state index contributed by atoms with van der Waals surface area (Å²) in [5, 5.41) is 6.55. The standard InChI is InChI=1S/C27H36ClN3O3/c1-3-20(4-2)25(31-14-16-34-17-15-31)19-29-26(32)18-24(21-10-6-5-7-11-21)30-27(33)22-12-8-9-13-23(22)28/h5-13,20,24-25H,3-4,14-19H2,1-2H3,(H,29,32)(H,30,33)/t24-,25-/m1/s1. The topological polar surface area (TPSA) is 70.7 Å². The third-order valence-electron chi connectivity index (χ3n) is 6.63. The van der Waals surface area contributed by atoms with Crippen molar-refractivity contribution in [2.75, 3.05) is 32.8 Å². The van der Waals surface area contributed by atoms with Crippen LogP contribution in [0.25, 0.3) is 0 Å². The number of hydrogen-bond donors (Lipinski definition) is 2. The third-order valence-corrected chi connectivity index (χ3v) is 6.96. The fourth-order valence-corrected chi connectivity index (χ4v) is 4.85. The molecular weight excluding hydrogens is 450 g/mol. The highest BCUT2D eigenvalue weighted by Gasteiger charge is 2.28. The molecule has 0 spiro atoms. The predicted molar refractivity (Wildman–Crippen MR) is 136 cm³/mol. The Morgan fingerprint density at radius 1 is 1.00 bits per heavy atom. The van der Waals surface area contributed by atoms with Crippen LogP contribution < -0.4 is 10.6 Å². The number of halogens is 1. The van der Waals surface area contributed by atoms with Crippen molar-refractivity contribution in [1.29, 1.82) is 0 Å². The van der Waals surface area contributed by atoms with E-state index in [1.54, 1.807) is 24.3 Å². The summed E-state index contributed by atoms with van der Waals surface area (Å²) in [5.41, 5.74) is 1.27. The van der Waals surface area contributed by atoms with Gasteiger partial charge in [-0.1, -0.05) is 80.8 Å². The molecule has 1 heterocycles. The van der Waals surface area contributed by atoms with Crippen molar-refractivity contribution < 1.29 is 14.3 Å². The van der Waals surface area contributed by atoms with Gasteiger partial charge in [0.2, 0.25) is 5.91 Å². The molecule has 6 nitrogen and oxygen atoms in total. The van der Waals surface area contributed by atoms with Gasteiger partial charge in [-0.2, -0.15) is 0 Å². The molecule has 2 N–H and O–H groups in total. The highest BCUT2D eigenvalue weighted by atomic mass is 35.5. The molecule has 0 bridgehead atoms. The summed E-state index contributed by atoms with van der Waals surface area (Å²) in [6.45, 7) is 8.24. The second-order valence-electron chi connectivity index (χ2n) is 8.72. The zero-order chi connectivity index (χ0) is 24.3. The molecule has 1 saturated heterocycles. The lowest BCUT2D eigenvalue weighted by Gasteiger charge is -2.38. The Morgan fingerprint density at radius 2 is 1.65 bits per heavy atom. The highest BCUT2D eigenvalue weighted by molar-refractivity contribution is 6.33. The van der Waals surface area contributed by atoms with Crippen LogP contribution in [0, 0.1) is 5.92 Å². The lowest BCUT2D eigenvalue weighted by atomic mass is 9.92. The van der Waals surface area contributed by atoms with E-state index in [0.717, 1.165) is 44.7 Å². The molecule has 7 heteroatoms. The van der Waals surface area contributed by atoms with E-state index in [-0.39, 0.29) is 24.3 Å². The van der Waals surface area contributed by atoms with E-state index in [1.165, 1.54) is 0 Å². The lowest BCUT2D eigenvalue weighted by molar-refractivity contribution is -0.122. The van der Waals surface area contributed by atoms with Crippen molar-refractivity contribution in [1.82, 2.24) is 15.5 Å². The number of morpholine rings is 1. The monoisotopic (exact) mass is 485 g/mol. The molecule has 0 aliphatic carbocycles. The van der Waals surface area contributed by atoms with Gasteiger partial charge in [0.1, 0.15) is 0 Å². The third kappa shape index (κ3) is 7.29. The number of ether oxygens (including phenoxy) is 1. The molecule has 184 valence electrons. The van der Waals surface area contributed by atoms with Gasteiger partial charge in [-0.15, -0.1) is 0 Å². The Hall–Kier alpha value is -2.41. The van der Waals surface area contributed by atoms with E-state index >= 15 is 0 Å². The maximum Gasteiger partial charge on any atom is 0.253 e. The Bertz CT molecular complexity index is 914. The van der Waals surface area contributed by atoms with Gasteiger partial charge < -0.3 is 15.4 Å². The van der Waals surface area contributed by atoms with Gasteiger partial charge in [0.25, 0.3) is 5.91 Å². The molecule has 2 aromatic carbocycles. The number of nitrogens with one attached hydrogen (secondary N) is 2. The molecule has 0 aromatic heterocycles. The van der Waals surface area contributed by atoms with Crippen molar-refractivity contribution >= 4 is 23.4 Å². The molecule has 2 atom stereocenters. The Kier molecular flexibility index (Phi) is 10.4. The molecule has 2 aromatic rings. The minimum atomic E-state index is -0.458. The van der Waals surface area contributed by atoms with Crippen LogP contribution >= 0.6 is 11.6 Å². The average molecular weight is 486 g/mol. The zero-order valence-electron chi connectivity index (χ0n) is 20.1. The minimum absolute atomic E-state index is 0.0856. The molecule has 2 amide bonds. The van der Waals surface area contributed by atoms with Crippen LogP contribution in [0.3, 0.4) is 0 Å². The fraction of sp³-hybridized carbons (Fsp3) is 0.481. The van der Waals surface area contributed by atoms with Gasteiger partial charge in [0.05, 0.1) is 36.3 Å².